The average molecular weight is 226 g/mol. The SMILES string of the molecule is COC1(CNC2CCCCNC2=O)CCC1. The Hall–Kier alpha value is -0.610. The van der Waals surface area contributed by atoms with Gasteiger partial charge in [-0.3, -0.25) is 4.79 Å². The molecule has 4 heteroatoms. The van der Waals surface area contributed by atoms with Gasteiger partial charge in [0, 0.05) is 20.2 Å². The second-order valence-electron chi connectivity index (χ2n) is 4.96. The van der Waals surface area contributed by atoms with Crippen molar-refractivity contribution in [3.05, 3.63) is 0 Å². The summed E-state index contributed by atoms with van der Waals surface area (Å²) in [5, 5.41) is 6.31. The van der Waals surface area contributed by atoms with Gasteiger partial charge in [0.1, 0.15) is 0 Å². The lowest BCUT2D eigenvalue weighted by Crippen LogP contribution is -2.53. The number of methoxy groups -OCH3 is 1. The molecule has 0 bridgehead atoms. The summed E-state index contributed by atoms with van der Waals surface area (Å²) in [6, 6.07) is -0.0184. The lowest BCUT2D eigenvalue weighted by Gasteiger charge is -2.41. The molecule has 1 aliphatic heterocycles. The predicted molar refractivity (Wildman–Crippen MR) is 62.2 cm³/mol. The Morgan fingerprint density at radius 2 is 2.25 bits per heavy atom. The molecule has 1 unspecified atom stereocenters. The molecule has 2 fully saturated rings. The van der Waals surface area contributed by atoms with E-state index >= 15 is 0 Å². The number of nitrogens with one attached hydrogen (secondary N) is 2. The molecule has 1 amide bonds. The standard InChI is InChI=1S/C12H22N2O2/c1-16-12(6-4-7-12)9-14-10-5-2-3-8-13-11(10)15/h10,14H,2-9H2,1H3,(H,13,15). The minimum Gasteiger partial charge on any atom is -0.377 e. The van der Waals surface area contributed by atoms with Crippen LogP contribution in [-0.2, 0) is 9.53 Å². The maximum absolute atomic E-state index is 11.7. The van der Waals surface area contributed by atoms with Gasteiger partial charge in [0.2, 0.25) is 5.91 Å². The summed E-state index contributed by atoms with van der Waals surface area (Å²) < 4.78 is 5.54. The zero-order valence-electron chi connectivity index (χ0n) is 10.1. The van der Waals surface area contributed by atoms with Crippen LogP contribution in [0, 0.1) is 0 Å². The number of rotatable bonds is 4. The molecule has 0 radical (unpaired) electrons. The van der Waals surface area contributed by atoms with Crippen LogP contribution in [0.25, 0.3) is 0 Å². The number of hydrogen-bond donors (Lipinski definition) is 2. The Bertz CT molecular complexity index is 246. The van der Waals surface area contributed by atoms with Crippen molar-refractivity contribution in [1.29, 1.82) is 0 Å². The van der Waals surface area contributed by atoms with Crippen LogP contribution < -0.4 is 10.6 Å². The summed E-state index contributed by atoms with van der Waals surface area (Å²) in [6.45, 7) is 1.63. The van der Waals surface area contributed by atoms with Crippen molar-refractivity contribution < 1.29 is 9.53 Å². The van der Waals surface area contributed by atoms with Gasteiger partial charge in [0.15, 0.2) is 0 Å². The zero-order chi connectivity index (χ0) is 11.4. The van der Waals surface area contributed by atoms with Gasteiger partial charge in [0.25, 0.3) is 0 Å². The summed E-state index contributed by atoms with van der Waals surface area (Å²) in [7, 11) is 1.77. The topological polar surface area (TPSA) is 50.4 Å². The van der Waals surface area contributed by atoms with Crippen molar-refractivity contribution in [2.45, 2.75) is 50.2 Å². The molecule has 1 saturated heterocycles. The maximum Gasteiger partial charge on any atom is 0.237 e. The molecule has 1 saturated carbocycles. The quantitative estimate of drug-likeness (QED) is 0.746. The van der Waals surface area contributed by atoms with Crippen molar-refractivity contribution >= 4 is 5.91 Å². The maximum atomic E-state index is 11.7. The normalized spacial score (nSPS) is 29.1. The van der Waals surface area contributed by atoms with Crippen LogP contribution >= 0.6 is 0 Å². The summed E-state index contributed by atoms with van der Waals surface area (Å²) in [6.07, 6.45) is 6.64. The fraction of sp³-hybridized carbons (Fsp3) is 0.917. The fourth-order valence-corrected chi connectivity index (χ4v) is 2.47. The first-order chi connectivity index (χ1) is 7.76. The first kappa shape index (κ1) is 11.9. The van der Waals surface area contributed by atoms with Crippen LogP contribution in [0.3, 0.4) is 0 Å². The molecule has 92 valence electrons. The molecule has 0 aromatic heterocycles. The molecule has 0 aromatic carbocycles. The van der Waals surface area contributed by atoms with Gasteiger partial charge in [-0.05, 0) is 38.5 Å². The largest absolute Gasteiger partial charge is 0.377 e. The number of hydrogen-bond acceptors (Lipinski definition) is 3. The summed E-state index contributed by atoms with van der Waals surface area (Å²) in [5.74, 6) is 0.156. The second kappa shape index (κ2) is 5.15. The molecule has 0 spiro atoms. The second-order valence-corrected chi connectivity index (χ2v) is 4.96. The van der Waals surface area contributed by atoms with Gasteiger partial charge >= 0.3 is 0 Å². The molecule has 2 aliphatic rings. The number of carbonyl (C=O) groups excluding carboxylic acids is 1. The van der Waals surface area contributed by atoms with E-state index < -0.39 is 0 Å². The lowest BCUT2D eigenvalue weighted by molar-refractivity contribution is -0.123. The number of carbonyl (C=O) groups is 1. The molecule has 16 heavy (non-hydrogen) atoms. The van der Waals surface area contributed by atoms with Gasteiger partial charge in [0.05, 0.1) is 11.6 Å². The Balaban J connectivity index is 1.81. The van der Waals surface area contributed by atoms with E-state index in [2.05, 4.69) is 10.6 Å². The van der Waals surface area contributed by atoms with Crippen molar-refractivity contribution in [2.24, 2.45) is 0 Å². The molecule has 1 heterocycles. The Morgan fingerprint density at radius 3 is 2.88 bits per heavy atom. The summed E-state index contributed by atoms with van der Waals surface area (Å²) in [5.41, 5.74) is 0.00653. The summed E-state index contributed by atoms with van der Waals surface area (Å²) in [4.78, 5) is 11.7. The van der Waals surface area contributed by atoms with Crippen LogP contribution in [0.1, 0.15) is 38.5 Å². The molecular weight excluding hydrogens is 204 g/mol. The van der Waals surface area contributed by atoms with Gasteiger partial charge in [-0.2, -0.15) is 0 Å². The lowest BCUT2D eigenvalue weighted by atomic mass is 9.80. The summed E-state index contributed by atoms with van der Waals surface area (Å²) >= 11 is 0. The Labute approximate surface area is 97.1 Å². The third-order valence-corrected chi connectivity index (χ3v) is 3.90. The van der Waals surface area contributed by atoms with Crippen LogP contribution in [0.4, 0.5) is 0 Å². The van der Waals surface area contributed by atoms with Crippen LogP contribution in [-0.4, -0.2) is 37.7 Å². The number of amides is 1. The minimum absolute atomic E-state index is 0.00653. The van der Waals surface area contributed by atoms with Crippen LogP contribution in [0.2, 0.25) is 0 Å². The third-order valence-electron chi connectivity index (χ3n) is 3.90. The van der Waals surface area contributed by atoms with Gasteiger partial charge in [-0.15, -0.1) is 0 Å². The minimum atomic E-state index is -0.0184. The smallest absolute Gasteiger partial charge is 0.237 e. The van der Waals surface area contributed by atoms with Crippen LogP contribution in [0.15, 0.2) is 0 Å². The number of ether oxygens (including phenoxy) is 1. The fourth-order valence-electron chi connectivity index (χ4n) is 2.47. The monoisotopic (exact) mass is 226 g/mol. The molecule has 2 rings (SSSR count). The molecule has 0 aromatic rings. The highest BCUT2D eigenvalue weighted by molar-refractivity contribution is 5.81. The van der Waals surface area contributed by atoms with Crippen molar-refractivity contribution in [2.75, 3.05) is 20.2 Å². The molecule has 1 aliphatic carbocycles. The average Bonchev–Trinajstić information content (AvgIpc) is 2.43. The van der Waals surface area contributed by atoms with Crippen molar-refractivity contribution in [3.63, 3.8) is 0 Å². The van der Waals surface area contributed by atoms with Gasteiger partial charge in [-0.25, -0.2) is 0 Å². The van der Waals surface area contributed by atoms with E-state index in [0.717, 1.165) is 45.2 Å². The molecule has 1 atom stereocenters. The van der Waals surface area contributed by atoms with E-state index in [1.807, 2.05) is 0 Å². The highest BCUT2D eigenvalue weighted by Gasteiger charge is 2.37. The van der Waals surface area contributed by atoms with Crippen LogP contribution in [0.5, 0.6) is 0 Å². The predicted octanol–water partition coefficient (Wildman–Crippen LogP) is 0.814. The first-order valence-corrected chi connectivity index (χ1v) is 6.32. The Morgan fingerprint density at radius 1 is 1.44 bits per heavy atom. The first-order valence-electron chi connectivity index (χ1n) is 6.32. The van der Waals surface area contributed by atoms with E-state index in [-0.39, 0.29) is 17.6 Å². The molecule has 2 N–H and O–H groups in total. The van der Waals surface area contributed by atoms with E-state index in [0.29, 0.717) is 0 Å². The molecular formula is C12H22N2O2. The van der Waals surface area contributed by atoms with Crippen molar-refractivity contribution in [3.8, 4) is 0 Å². The zero-order valence-corrected chi connectivity index (χ0v) is 10.1. The van der Waals surface area contributed by atoms with Crippen molar-refractivity contribution in [1.82, 2.24) is 10.6 Å². The highest BCUT2D eigenvalue weighted by atomic mass is 16.5. The highest BCUT2D eigenvalue weighted by Crippen LogP contribution is 2.34. The van der Waals surface area contributed by atoms with E-state index in [1.165, 1.54) is 6.42 Å². The Kier molecular flexibility index (Phi) is 3.82. The van der Waals surface area contributed by atoms with E-state index in [4.69, 9.17) is 4.74 Å². The van der Waals surface area contributed by atoms with E-state index in [1.54, 1.807) is 7.11 Å². The third kappa shape index (κ3) is 2.55. The van der Waals surface area contributed by atoms with Gasteiger partial charge in [-0.1, -0.05) is 0 Å². The molecule has 4 nitrogen and oxygen atoms in total. The van der Waals surface area contributed by atoms with Gasteiger partial charge < -0.3 is 15.4 Å². The van der Waals surface area contributed by atoms with E-state index in [9.17, 15) is 4.79 Å².